The van der Waals surface area contributed by atoms with Crippen LogP contribution < -0.4 is 12.3 Å². The number of hydrogen-bond donors (Lipinski definition) is 4. The lowest BCUT2D eigenvalue weighted by Gasteiger charge is -2.14. The van der Waals surface area contributed by atoms with Gasteiger partial charge in [-0.15, -0.1) is 12.4 Å². The van der Waals surface area contributed by atoms with Gasteiger partial charge in [0.15, 0.2) is 0 Å². The predicted molar refractivity (Wildman–Crippen MR) is 161 cm³/mol. The van der Waals surface area contributed by atoms with Crippen LogP contribution in [-0.2, 0) is 19.5 Å². The molecule has 2 amide bonds. The SMILES string of the molecule is C=Cc1ccnc(C(=O)N(O)Cc2ccccc2)c1.CCc1ccnc(C(=O)N(O)Cc2ccccc2)c1.Cl.N.N. The summed E-state index contributed by atoms with van der Waals surface area (Å²) in [4.78, 5) is 32.0. The van der Waals surface area contributed by atoms with E-state index in [0.717, 1.165) is 28.7 Å². The topological polar surface area (TPSA) is 177 Å². The van der Waals surface area contributed by atoms with Crippen LogP contribution >= 0.6 is 12.4 Å². The fraction of sp³-hybridized carbons (Fsp3) is 0.133. The first-order valence-electron chi connectivity index (χ1n) is 12.0. The summed E-state index contributed by atoms with van der Waals surface area (Å²) in [6, 6.07) is 25.5. The molecule has 0 bridgehead atoms. The third-order valence-electron chi connectivity index (χ3n) is 5.51. The number of benzene rings is 2. The highest BCUT2D eigenvalue weighted by molar-refractivity contribution is 5.92. The number of nitrogens with zero attached hydrogens (tertiary/aromatic N) is 4. The Bertz CT molecular complexity index is 1360. The second kappa shape index (κ2) is 18.8. The van der Waals surface area contributed by atoms with Crippen LogP contribution in [0.1, 0.15) is 50.2 Å². The Hall–Kier alpha value is -4.45. The lowest BCUT2D eigenvalue weighted by Crippen LogP contribution is -2.27. The molecule has 218 valence electrons. The Morgan fingerprint density at radius 2 is 1.17 bits per heavy atom. The van der Waals surface area contributed by atoms with Crippen LogP contribution in [0.3, 0.4) is 0 Å². The lowest BCUT2D eigenvalue weighted by atomic mass is 10.1. The van der Waals surface area contributed by atoms with E-state index in [-0.39, 0.29) is 49.2 Å². The van der Waals surface area contributed by atoms with E-state index < -0.39 is 11.8 Å². The second-order valence-electron chi connectivity index (χ2n) is 8.28. The van der Waals surface area contributed by atoms with Crippen molar-refractivity contribution in [3.05, 3.63) is 138 Å². The molecule has 10 nitrogen and oxygen atoms in total. The molecule has 0 radical (unpaired) electrons. The van der Waals surface area contributed by atoms with Crippen molar-refractivity contribution < 1.29 is 20.0 Å². The summed E-state index contributed by atoms with van der Waals surface area (Å²) in [5.41, 5.74) is 3.97. The predicted octanol–water partition coefficient (Wildman–Crippen LogP) is 6.18. The van der Waals surface area contributed by atoms with Crippen molar-refractivity contribution in [2.45, 2.75) is 26.4 Å². The van der Waals surface area contributed by atoms with Crippen molar-refractivity contribution in [2.75, 3.05) is 0 Å². The molecule has 2 aromatic heterocycles. The highest BCUT2D eigenvalue weighted by atomic mass is 35.5. The molecule has 0 unspecified atom stereocenters. The highest BCUT2D eigenvalue weighted by Gasteiger charge is 2.16. The molecule has 0 saturated carbocycles. The van der Waals surface area contributed by atoms with Gasteiger partial charge in [0.25, 0.3) is 11.8 Å². The molecule has 11 heteroatoms. The van der Waals surface area contributed by atoms with Crippen LogP contribution in [0.5, 0.6) is 0 Å². The summed E-state index contributed by atoms with van der Waals surface area (Å²) in [6.45, 7) is 5.91. The van der Waals surface area contributed by atoms with E-state index in [1.165, 1.54) is 6.20 Å². The molecule has 4 rings (SSSR count). The van der Waals surface area contributed by atoms with Gasteiger partial charge in [0.2, 0.25) is 0 Å². The lowest BCUT2D eigenvalue weighted by molar-refractivity contribution is -0.0652. The third kappa shape index (κ3) is 11.3. The molecule has 0 aliphatic carbocycles. The number of aromatic nitrogens is 2. The molecule has 2 heterocycles. The Balaban J connectivity index is 0.000000727. The number of carbonyl (C=O) groups is 2. The molecular weight excluding hydrogens is 544 g/mol. The van der Waals surface area contributed by atoms with Crippen molar-refractivity contribution in [1.82, 2.24) is 32.4 Å². The first kappa shape index (κ1) is 36.5. The Kier molecular flexibility index (Phi) is 16.7. The molecule has 0 aliphatic rings. The van der Waals surface area contributed by atoms with Gasteiger partial charge in [-0.1, -0.05) is 80.2 Å². The molecule has 0 spiro atoms. The van der Waals surface area contributed by atoms with Crippen LogP contribution in [0, 0.1) is 0 Å². The van der Waals surface area contributed by atoms with E-state index in [0.29, 0.717) is 10.1 Å². The maximum Gasteiger partial charge on any atom is 0.296 e. The Labute approximate surface area is 246 Å². The quantitative estimate of drug-likeness (QED) is 0.141. The van der Waals surface area contributed by atoms with Gasteiger partial charge in [0, 0.05) is 12.4 Å². The summed E-state index contributed by atoms with van der Waals surface area (Å²) in [6.07, 6.45) is 5.55. The molecule has 0 fully saturated rings. The van der Waals surface area contributed by atoms with Crippen molar-refractivity contribution in [2.24, 2.45) is 0 Å². The minimum absolute atomic E-state index is 0. The number of carbonyl (C=O) groups excluding carboxylic acids is 2. The van der Waals surface area contributed by atoms with Gasteiger partial charge in [-0.3, -0.25) is 30.0 Å². The highest BCUT2D eigenvalue weighted by Crippen LogP contribution is 2.10. The molecule has 8 N–H and O–H groups in total. The molecule has 4 aromatic rings. The summed E-state index contributed by atoms with van der Waals surface area (Å²) in [7, 11) is 0. The standard InChI is InChI=1S/C15H16N2O2.C15H14N2O2.ClH.2H3N/c2*1-2-12-8-9-16-14(10-12)15(18)17(19)11-13-6-4-3-5-7-13;;;/h3-10,19H,2,11H2,1H3;2-10,19H,1,11H2;1H;2*1H3. The molecule has 0 saturated heterocycles. The van der Waals surface area contributed by atoms with Gasteiger partial charge in [0.1, 0.15) is 11.4 Å². The van der Waals surface area contributed by atoms with Gasteiger partial charge >= 0.3 is 0 Å². The van der Waals surface area contributed by atoms with Crippen molar-refractivity contribution in [3.63, 3.8) is 0 Å². The normalized spacial score (nSPS) is 9.34. The first-order valence-corrected chi connectivity index (χ1v) is 12.0. The minimum atomic E-state index is -0.535. The Morgan fingerprint density at radius 3 is 1.61 bits per heavy atom. The van der Waals surface area contributed by atoms with Crippen LogP contribution in [0.2, 0.25) is 0 Å². The van der Waals surface area contributed by atoms with Crippen molar-refractivity contribution in [3.8, 4) is 0 Å². The number of amides is 2. The van der Waals surface area contributed by atoms with E-state index in [9.17, 15) is 20.0 Å². The van der Waals surface area contributed by atoms with Gasteiger partial charge in [-0.25, -0.2) is 10.1 Å². The number of hydrogen-bond acceptors (Lipinski definition) is 8. The summed E-state index contributed by atoms with van der Waals surface area (Å²) < 4.78 is 0. The number of hydroxylamine groups is 4. The maximum absolute atomic E-state index is 12.0. The van der Waals surface area contributed by atoms with Crippen molar-refractivity contribution >= 4 is 30.3 Å². The maximum atomic E-state index is 12.0. The van der Waals surface area contributed by atoms with Crippen molar-refractivity contribution in [1.29, 1.82) is 0 Å². The average molecular weight is 581 g/mol. The van der Waals surface area contributed by atoms with E-state index in [4.69, 9.17) is 0 Å². The summed E-state index contributed by atoms with van der Waals surface area (Å²) in [5, 5.41) is 21.0. The van der Waals surface area contributed by atoms with E-state index >= 15 is 0 Å². The fourth-order valence-corrected chi connectivity index (χ4v) is 3.42. The van der Waals surface area contributed by atoms with Crippen LogP contribution in [-0.4, -0.2) is 42.3 Å². The summed E-state index contributed by atoms with van der Waals surface area (Å²) in [5.74, 6) is -1.02. The third-order valence-corrected chi connectivity index (χ3v) is 5.51. The van der Waals surface area contributed by atoms with E-state index in [2.05, 4.69) is 16.5 Å². The minimum Gasteiger partial charge on any atom is -0.344 e. The van der Waals surface area contributed by atoms with Gasteiger partial charge in [0.05, 0.1) is 13.1 Å². The molecular formula is C30H37ClN6O4. The van der Waals surface area contributed by atoms with Gasteiger partial charge in [-0.2, -0.15) is 0 Å². The van der Waals surface area contributed by atoms with Crippen LogP contribution in [0.15, 0.2) is 104 Å². The zero-order chi connectivity index (χ0) is 27.3. The number of pyridine rings is 2. The molecule has 0 aliphatic heterocycles. The number of rotatable bonds is 8. The van der Waals surface area contributed by atoms with E-state index in [1.54, 1.807) is 30.5 Å². The molecule has 2 aromatic carbocycles. The number of halogens is 1. The second-order valence-corrected chi connectivity index (χ2v) is 8.28. The van der Waals surface area contributed by atoms with Gasteiger partial charge in [-0.05, 0) is 52.9 Å². The number of aryl methyl sites for hydroxylation is 1. The summed E-state index contributed by atoms with van der Waals surface area (Å²) >= 11 is 0. The van der Waals surface area contributed by atoms with Gasteiger partial charge < -0.3 is 12.3 Å². The smallest absolute Gasteiger partial charge is 0.296 e. The van der Waals surface area contributed by atoms with E-state index in [1.807, 2.05) is 73.7 Å². The molecule has 41 heavy (non-hydrogen) atoms. The molecule has 0 atom stereocenters. The zero-order valence-electron chi connectivity index (χ0n) is 23.0. The fourth-order valence-electron chi connectivity index (χ4n) is 3.42. The average Bonchev–Trinajstić information content (AvgIpc) is 2.97. The van der Waals surface area contributed by atoms with Crippen LogP contribution in [0.4, 0.5) is 0 Å². The zero-order valence-corrected chi connectivity index (χ0v) is 23.8. The first-order chi connectivity index (χ1) is 18.4. The Morgan fingerprint density at radius 1 is 0.732 bits per heavy atom. The van der Waals surface area contributed by atoms with Crippen LogP contribution in [0.25, 0.3) is 6.08 Å². The monoisotopic (exact) mass is 580 g/mol. The largest absolute Gasteiger partial charge is 0.344 e.